The van der Waals surface area contributed by atoms with Crippen molar-refractivity contribution in [2.24, 2.45) is 5.73 Å². The monoisotopic (exact) mass is 264 g/mol. The smallest absolute Gasteiger partial charge is 0.134 e. The number of likely N-dealkylation sites (N-methyl/N-ethyl adjacent to an activating group) is 1. The summed E-state index contributed by atoms with van der Waals surface area (Å²) in [7, 11) is 2.16. The first kappa shape index (κ1) is 14.0. The number of nitrogens with two attached hydrogens (primary N) is 1. The lowest BCUT2D eigenvalue weighted by Gasteiger charge is -2.33. The highest BCUT2D eigenvalue weighted by molar-refractivity contribution is 5.49. The number of piperazine rings is 1. The quantitative estimate of drug-likeness (QED) is 0.745. The molecule has 1 saturated heterocycles. The number of aryl methyl sites for hydroxylation is 1. The highest BCUT2D eigenvalue weighted by Gasteiger charge is 2.16. The molecule has 0 aromatic carbocycles. The van der Waals surface area contributed by atoms with Crippen LogP contribution in [0.3, 0.4) is 0 Å². The van der Waals surface area contributed by atoms with Gasteiger partial charge in [-0.15, -0.1) is 0 Å². The van der Waals surface area contributed by atoms with Gasteiger partial charge in [0.2, 0.25) is 0 Å². The van der Waals surface area contributed by atoms with Crippen LogP contribution in [0.2, 0.25) is 0 Å². The number of nitrogens with one attached hydrogen (secondary N) is 1. The Balaban J connectivity index is 2.03. The lowest BCUT2D eigenvalue weighted by Crippen LogP contribution is -2.44. The maximum atomic E-state index is 5.50. The van der Waals surface area contributed by atoms with E-state index in [9.17, 15) is 0 Å². The Morgan fingerprint density at radius 3 is 2.68 bits per heavy atom. The van der Waals surface area contributed by atoms with Gasteiger partial charge in [-0.3, -0.25) is 0 Å². The molecule has 0 amide bonds. The number of rotatable bonds is 5. The van der Waals surface area contributed by atoms with Crippen LogP contribution in [0, 0.1) is 6.92 Å². The van der Waals surface area contributed by atoms with Crippen LogP contribution in [0.1, 0.15) is 12.2 Å². The molecular weight excluding hydrogens is 240 g/mol. The fourth-order valence-electron chi connectivity index (χ4n) is 2.16. The first-order valence-corrected chi connectivity index (χ1v) is 6.92. The van der Waals surface area contributed by atoms with Crippen LogP contribution in [0.15, 0.2) is 6.07 Å². The number of anilines is 2. The van der Waals surface area contributed by atoms with Crippen molar-refractivity contribution in [1.82, 2.24) is 14.9 Å². The topological polar surface area (TPSA) is 70.3 Å². The van der Waals surface area contributed by atoms with Gasteiger partial charge in [-0.2, -0.15) is 0 Å². The summed E-state index contributed by atoms with van der Waals surface area (Å²) < 4.78 is 0. The zero-order chi connectivity index (χ0) is 13.7. The fraction of sp³-hybridized carbons (Fsp3) is 0.692. The zero-order valence-electron chi connectivity index (χ0n) is 11.9. The van der Waals surface area contributed by atoms with Crippen molar-refractivity contribution < 1.29 is 0 Å². The lowest BCUT2D eigenvalue weighted by molar-refractivity contribution is 0.312. The van der Waals surface area contributed by atoms with Crippen molar-refractivity contribution in [2.75, 3.05) is 56.5 Å². The summed E-state index contributed by atoms with van der Waals surface area (Å²) in [5.74, 6) is 2.73. The summed E-state index contributed by atoms with van der Waals surface area (Å²) >= 11 is 0. The van der Waals surface area contributed by atoms with Crippen LogP contribution >= 0.6 is 0 Å². The average molecular weight is 264 g/mol. The third-order valence-corrected chi connectivity index (χ3v) is 3.34. The molecule has 1 aromatic rings. The molecule has 106 valence electrons. The maximum absolute atomic E-state index is 5.50. The maximum Gasteiger partial charge on any atom is 0.134 e. The zero-order valence-corrected chi connectivity index (χ0v) is 11.9. The molecular formula is C13H24N6. The van der Waals surface area contributed by atoms with E-state index in [1.54, 1.807) is 0 Å². The standard InChI is InChI=1S/C13H24N6/c1-11-16-12(15-5-3-4-14)10-13(17-11)19-8-6-18(2)7-9-19/h10H,3-9,14H2,1-2H3,(H,15,16,17). The van der Waals surface area contributed by atoms with Gasteiger partial charge in [0.1, 0.15) is 17.5 Å². The van der Waals surface area contributed by atoms with E-state index in [1.165, 1.54) is 0 Å². The van der Waals surface area contributed by atoms with Crippen LogP contribution in [0.4, 0.5) is 11.6 Å². The molecule has 0 radical (unpaired) electrons. The summed E-state index contributed by atoms with van der Waals surface area (Å²) in [6.07, 6.45) is 0.951. The molecule has 19 heavy (non-hydrogen) atoms. The van der Waals surface area contributed by atoms with Gasteiger partial charge in [0.15, 0.2) is 0 Å². The molecule has 0 saturated carbocycles. The van der Waals surface area contributed by atoms with Crippen molar-refractivity contribution in [3.8, 4) is 0 Å². The van der Waals surface area contributed by atoms with Gasteiger partial charge in [0.25, 0.3) is 0 Å². The Labute approximate surface area is 115 Å². The van der Waals surface area contributed by atoms with Crippen LogP contribution < -0.4 is 16.0 Å². The largest absolute Gasteiger partial charge is 0.370 e. The number of hydrogen-bond donors (Lipinski definition) is 2. The number of aromatic nitrogens is 2. The third-order valence-electron chi connectivity index (χ3n) is 3.34. The molecule has 1 fully saturated rings. The molecule has 0 bridgehead atoms. The molecule has 0 aliphatic carbocycles. The van der Waals surface area contributed by atoms with Crippen molar-refractivity contribution in [1.29, 1.82) is 0 Å². The van der Waals surface area contributed by atoms with Crippen molar-refractivity contribution in [3.63, 3.8) is 0 Å². The highest BCUT2D eigenvalue weighted by Crippen LogP contribution is 2.17. The van der Waals surface area contributed by atoms with Gasteiger partial charge in [0, 0.05) is 38.8 Å². The van der Waals surface area contributed by atoms with E-state index in [4.69, 9.17) is 5.73 Å². The SMILES string of the molecule is Cc1nc(NCCCN)cc(N2CCN(C)CC2)n1. The average Bonchev–Trinajstić information content (AvgIpc) is 2.39. The van der Waals surface area contributed by atoms with Crippen LogP contribution in [-0.2, 0) is 0 Å². The van der Waals surface area contributed by atoms with Crippen molar-refractivity contribution in [3.05, 3.63) is 11.9 Å². The molecule has 6 heteroatoms. The molecule has 0 unspecified atom stereocenters. The Morgan fingerprint density at radius 1 is 1.26 bits per heavy atom. The molecule has 0 spiro atoms. The van der Waals surface area contributed by atoms with Gasteiger partial charge >= 0.3 is 0 Å². The Hall–Kier alpha value is -1.40. The fourth-order valence-corrected chi connectivity index (χ4v) is 2.16. The molecule has 0 atom stereocenters. The molecule has 2 rings (SSSR count). The van der Waals surface area contributed by atoms with E-state index in [2.05, 4.69) is 32.1 Å². The number of nitrogens with zero attached hydrogens (tertiary/aromatic N) is 4. The van der Waals surface area contributed by atoms with Crippen LogP contribution in [-0.4, -0.2) is 61.2 Å². The van der Waals surface area contributed by atoms with Gasteiger partial charge in [-0.25, -0.2) is 9.97 Å². The van der Waals surface area contributed by atoms with Crippen molar-refractivity contribution in [2.45, 2.75) is 13.3 Å². The third kappa shape index (κ3) is 4.04. The van der Waals surface area contributed by atoms with Crippen LogP contribution in [0.5, 0.6) is 0 Å². The Morgan fingerprint density at radius 2 is 2.00 bits per heavy atom. The summed E-state index contributed by atoms with van der Waals surface area (Å²) in [4.78, 5) is 13.6. The number of hydrogen-bond acceptors (Lipinski definition) is 6. The van der Waals surface area contributed by atoms with Crippen LogP contribution in [0.25, 0.3) is 0 Å². The first-order valence-electron chi connectivity index (χ1n) is 6.92. The molecule has 6 nitrogen and oxygen atoms in total. The molecule has 3 N–H and O–H groups in total. The van der Waals surface area contributed by atoms with E-state index in [1.807, 2.05) is 13.0 Å². The minimum absolute atomic E-state index is 0.697. The van der Waals surface area contributed by atoms with Gasteiger partial charge in [-0.1, -0.05) is 0 Å². The normalized spacial score (nSPS) is 16.7. The van der Waals surface area contributed by atoms with E-state index < -0.39 is 0 Å². The Kier molecular flexibility index (Phi) is 4.93. The predicted octanol–water partition coefficient (Wildman–Crippen LogP) is 0.298. The summed E-state index contributed by atoms with van der Waals surface area (Å²) in [5, 5.41) is 3.31. The van der Waals surface area contributed by atoms with Gasteiger partial charge in [0.05, 0.1) is 0 Å². The second kappa shape index (κ2) is 6.68. The first-order chi connectivity index (χ1) is 9.19. The van der Waals surface area contributed by atoms with Gasteiger partial charge in [-0.05, 0) is 26.9 Å². The molecule has 1 aliphatic rings. The van der Waals surface area contributed by atoms with Crippen molar-refractivity contribution >= 4 is 11.6 Å². The molecule has 1 aromatic heterocycles. The van der Waals surface area contributed by atoms with Gasteiger partial charge < -0.3 is 20.9 Å². The molecule has 2 heterocycles. The predicted molar refractivity (Wildman–Crippen MR) is 78.6 cm³/mol. The summed E-state index contributed by atoms with van der Waals surface area (Å²) in [6.45, 7) is 7.70. The van der Waals surface area contributed by atoms with E-state index >= 15 is 0 Å². The summed E-state index contributed by atoms with van der Waals surface area (Å²) in [5.41, 5.74) is 5.50. The lowest BCUT2D eigenvalue weighted by atomic mass is 10.3. The summed E-state index contributed by atoms with van der Waals surface area (Å²) in [6, 6.07) is 2.04. The second-order valence-electron chi connectivity index (χ2n) is 5.02. The minimum atomic E-state index is 0.697. The highest BCUT2D eigenvalue weighted by atomic mass is 15.3. The Bertz CT molecular complexity index is 400. The second-order valence-corrected chi connectivity index (χ2v) is 5.02. The van der Waals surface area contributed by atoms with E-state index in [0.29, 0.717) is 6.54 Å². The molecule has 1 aliphatic heterocycles. The van der Waals surface area contributed by atoms with E-state index in [0.717, 1.165) is 56.6 Å². The minimum Gasteiger partial charge on any atom is -0.370 e. The van der Waals surface area contributed by atoms with E-state index in [-0.39, 0.29) is 0 Å².